The fourth-order valence-corrected chi connectivity index (χ4v) is 5.35. The van der Waals surface area contributed by atoms with E-state index in [1.165, 1.54) is 0 Å². The van der Waals surface area contributed by atoms with E-state index >= 15 is 0 Å². The van der Waals surface area contributed by atoms with Crippen LogP contribution in [0.2, 0.25) is 0 Å². The third-order valence-electron chi connectivity index (χ3n) is 6.25. The van der Waals surface area contributed by atoms with Crippen molar-refractivity contribution in [2.75, 3.05) is 0 Å². The average molecular weight is 602 g/mol. The molecule has 0 radical (unpaired) electrons. The highest BCUT2D eigenvalue weighted by Crippen LogP contribution is 2.49. The van der Waals surface area contributed by atoms with Gasteiger partial charge in [0.25, 0.3) is 0 Å². The number of benzene rings is 3. The molecule has 174 valence electrons. The lowest BCUT2D eigenvalue weighted by Crippen LogP contribution is -2.22. The second-order valence-corrected chi connectivity index (χ2v) is 10.2. The molecule has 0 saturated heterocycles. The van der Waals surface area contributed by atoms with E-state index in [1.807, 2.05) is 66.7 Å². The first-order valence-corrected chi connectivity index (χ1v) is 12.7. The van der Waals surface area contributed by atoms with Crippen LogP contribution >= 0.6 is 31.9 Å². The minimum Gasteiger partial charge on any atom is -0.437 e. The second-order valence-electron chi connectivity index (χ2n) is 8.39. The van der Waals surface area contributed by atoms with Crippen LogP contribution in [0.1, 0.15) is 22.6 Å². The Bertz CT molecular complexity index is 1880. The van der Waals surface area contributed by atoms with Crippen molar-refractivity contribution >= 4 is 48.5 Å². The molecule has 0 spiro atoms. The number of ether oxygens (including phenoxy) is 1. The van der Waals surface area contributed by atoms with E-state index in [0.29, 0.717) is 45.2 Å². The zero-order valence-electron chi connectivity index (χ0n) is 18.4. The lowest BCUT2D eigenvalue weighted by molar-refractivity contribution is 0.422. The average Bonchev–Trinajstić information content (AvgIpc) is 3.33. The SMILES string of the molecule is O=c1oc2ccccc2c2c1C(c1cccc(Br)c1)c1c(ncn3nc(-c4ccc(Br)cc4)nc13)O2. The predicted octanol–water partition coefficient (Wildman–Crippen LogP) is 6.71. The summed E-state index contributed by atoms with van der Waals surface area (Å²) in [6.45, 7) is 0. The number of halogens is 2. The number of rotatable bonds is 2. The number of hydrogen-bond acceptors (Lipinski definition) is 6. The van der Waals surface area contributed by atoms with Gasteiger partial charge in [0.1, 0.15) is 11.9 Å². The van der Waals surface area contributed by atoms with Crippen LogP contribution in [-0.2, 0) is 0 Å². The lowest BCUT2D eigenvalue weighted by Gasteiger charge is -2.27. The van der Waals surface area contributed by atoms with Crippen molar-refractivity contribution in [2.24, 2.45) is 0 Å². The first-order valence-electron chi connectivity index (χ1n) is 11.1. The molecule has 7 nitrogen and oxygen atoms in total. The molecule has 0 bridgehead atoms. The molecule has 0 amide bonds. The third-order valence-corrected chi connectivity index (χ3v) is 7.27. The minimum atomic E-state index is -0.528. The Morgan fingerprint density at radius 1 is 0.889 bits per heavy atom. The van der Waals surface area contributed by atoms with Gasteiger partial charge in [-0.25, -0.2) is 19.3 Å². The Kier molecular flexibility index (Phi) is 4.83. The summed E-state index contributed by atoms with van der Waals surface area (Å²) in [5, 5.41) is 5.36. The highest BCUT2D eigenvalue weighted by molar-refractivity contribution is 9.10. The van der Waals surface area contributed by atoms with Gasteiger partial charge in [0.05, 0.1) is 22.4 Å². The Hall–Kier alpha value is -3.82. The van der Waals surface area contributed by atoms with Crippen molar-refractivity contribution in [2.45, 2.75) is 5.92 Å². The van der Waals surface area contributed by atoms with Crippen LogP contribution in [0.25, 0.3) is 28.0 Å². The molecule has 1 atom stereocenters. The van der Waals surface area contributed by atoms with Crippen LogP contribution in [0.3, 0.4) is 0 Å². The summed E-state index contributed by atoms with van der Waals surface area (Å²) in [7, 11) is 0. The zero-order valence-corrected chi connectivity index (χ0v) is 21.5. The topological polar surface area (TPSA) is 82.5 Å². The van der Waals surface area contributed by atoms with Gasteiger partial charge in [0, 0.05) is 14.5 Å². The predicted molar refractivity (Wildman–Crippen MR) is 142 cm³/mol. The van der Waals surface area contributed by atoms with Gasteiger partial charge in [-0.1, -0.05) is 68.3 Å². The maximum absolute atomic E-state index is 13.4. The Morgan fingerprint density at radius 3 is 2.56 bits per heavy atom. The number of para-hydroxylation sites is 1. The van der Waals surface area contributed by atoms with Gasteiger partial charge < -0.3 is 9.15 Å². The maximum Gasteiger partial charge on any atom is 0.344 e. The first kappa shape index (κ1) is 21.5. The van der Waals surface area contributed by atoms with E-state index in [0.717, 1.165) is 20.1 Å². The molecule has 1 aliphatic heterocycles. The molecular weight excluding hydrogens is 588 g/mol. The summed E-state index contributed by atoms with van der Waals surface area (Å²) in [4.78, 5) is 22.9. The molecule has 0 N–H and O–H groups in total. The molecule has 0 fully saturated rings. The van der Waals surface area contributed by atoms with E-state index in [4.69, 9.17) is 14.1 Å². The van der Waals surface area contributed by atoms with E-state index in [1.54, 1.807) is 16.9 Å². The van der Waals surface area contributed by atoms with Crippen LogP contribution in [-0.4, -0.2) is 19.6 Å². The normalized spacial score (nSPS) is 14.4. The van der Waals surface area contributed by atoms with Crippen LogP contribution in [0.5, 0.6) is 11.6 Å². The van der Waals surface area contributed by atoms with Crippen molar-refractivity contribution in [3.63, 3.8) is 0 Å². The van der Waals surface area contributed by atoms with Crippen molar-refractivity contribution < 1.29 is 9.15 Å². The number of hydrogen-bond donors (Lipinski definition) is 0. The van der Waals surface area contributed by atoms with Crippen molar-refractivity contribution in [3.8, 4) is 23.0 Å². The fourth-order valence-electron chi connectivity index (χ4n) is 4.67. The van der Waals surface area contributed by atoms with Gasteiger partial charge in [-0.15, -0.1) is 5.10 Å². The summed E-state index contributed by atoms with van der Waals surface area (Å²) >= 11 is 7.04. The van der Waals surface area contributed by atoms with Crippen LogP contribution in [0.15, 0.2) is 97.3 Å². The summed E-state index contributed by atoms with van der Waals surface area (Å²) in [5.74, 6) is 0.844. The molecule has 1 unspecified atom stereocenters. The van der Waals surface area contributed by atoms with Gasteiger partial charge in [-0.3, -0.25) is 0 Å². The van der Waals surface area contributed by atoms with Crippen molar-refractivity contribution in [1.29, 1.82) is 0 Å². The summed E-state index contributed by atoms with van der Waals surface area (Å²) in [5.41, 5.74) is 3.34. The van der Waals surface area contributed by atoms with Crippen LogP contribution in [0, 0.1) is 0 Å². The number of fused-ring (bicyclic) bond motifs is 6. The van der Waals surface area contributed by atoms with Crippen molar-refractivity contribution in [3.05, 3.63) is 115 Å². The van der Waals surface area contributed by atoms with Gasteiger partial charge >= 0.3 is 5.63 Å². The number of aromatic nitrogens is 4. The zero-order chi connectivity index (χ0) is 24.4. The lowest BCUT2D eigenvalue weighted by atomic mass is 9.84. The van der Waals surface area contributed by atoms with E-state index in [2.05, 4.69) is 41.9 Å². The molecule has 7 rings (SSSR count). The molecular formula is C27H14Br2N4O3. The second kappa shape index (κ2) is 8.11. The largest absolute Gasteiger partial charge is 0.437 e. The van der Waals surface area contributed by atoms with Crippen molar-refractivity contribution in [1.82, 2.24) is 19.6 Å². The molecule has 6 aromatic rings. The quantitative estimate of drug-likeness (QED) is 0.205. The monoisotopic (exact) mass is 600 g/mol. The van der Waals surface area contributed by atoms with Gasteiger partial charge in [0.15, 0.2) is 17.2 Å². The molecule has 36 heavy (non-hydrogen) atoms. The van der Waals surface area contributed by atoms with Crippen LogP contribution in [0.4, 0.5) is 0 Å². The minimum absolute atomic E-state index is 0.380. The molecule has 3 aromatic heterocycles. The van der Waals surface area contributed by atoms with E-state index in [-0.39, 0.29) is 0 Å². The highest BCUT2D eigenvalue weighted by Gasteiger charge is 2.37. The Morgan fingerprint density at radius 2 is 1.72 bits per heavy atom. The standard InChI is InChI=1S/C27H14Br2N4O3/c28-16-10-8-14(9-11-16)24-31-25-22-20(15-4-3-5-17(29)12-15)21-23(36-26(22)30-13-33(25)32-24)18-6-1-2-7-19(18)35-27(21)34/h1-13,20H. The summed E-state index contributed by atoms with van der Waals surface area (Å²) in [6.07, 6.45) is 1.58. The molecule has 4 heterocycles. The van der Waals surface area contributed by atoms with E-state index in [9.17, 15) is 4.79 Å². The fraction of sp³-hybridized carbons (Fsp3) is 0.0370. The molecule has 0 aliphatic carbocycles. The first-order chi connectivity index (χ1) is 17.6. The summed E-state index contributed by atoms with van der Waals surface area (Å²) < 4.78 is 15.5. The Labute approximate surface area is 220 Å². The smallest absolute Gasteiger partial charge is 0.344 e. The summed E-state index contributed by atoms with van der Waals surface area (Å²) in [6, 6.07) is 22.9. The van der Waals surface area contributed by atoms with Gasteiger partial charge in [-0.2, -0.15) is 0 Å². The Balaban J connectivity index is 1.55. The molecule has 9 heteroatoms. The molecule has 0 saturated carbocycles. The third kappa shape index (κ3) is 3.30. The molecule has 1 aliphatic rings. The van der Waals surface area contributed by atoms with E-state index < -0.39 is 11.5 Å². The van der Waals surface area contributed by atoms with Crippen LogP contribution < -0.4 is 10.4 Å². The van der Waals surface area contributed by atoms with Gasteiger partial charge in [-0.05, 0) is 42.0 Å². The highest BCUT2D eigenvalue weighted by atomic mass is 79.9. The van der Waals surface area contributed by atoms with Gasteiger partial charge in [0.2, 0.25) is 5.88 Å². The molecule has 3 aromatic carbocycles. The number of nitrogens with zero attached hydrogens (tertiary/aromatic N) is 4. The maximum atomic E-state index is 13.4.